The molecular formula is C25H31FN6OS. The molecule has 0 atom stereocenters. The van der Waals surface area contributed by atoms with Crippen molar-refractivity contribution in [2.24, 2.45) is 5.92 Å². The molecule has 6 rings (SSSR count). The van der Waals surface area contributed by atoms with Gasteiger partial charge in [0.2, 0.25) is 16.0 Å². The first-order valence-electron chi connectivity index (χ1n) is 12.6. The van der Waals surface area contributed by atoms with Gasteiger partial charge in [0.25, 0.3) is 0 Å². The molecule has 0 unspecified atom stereocenters. The van der Waals surface area contributed by atoms with Gasteiger partial charge in [-0.25, -0.2) is 9.37 Å². The lowest BCUT2D eigenvalue weighted by Gasteiger charge is -2.35. The van der Waals surface area contributed by atoms with Crippen molar-refractivity contribution >= 4 is 33.2 Å². The van der Waals surface area contributed by atoms with Gasteiger partial charge in [-0.3, -0.25) is 4.79 Å². The smallest absolute Gasteiger partial charge is 0.225 e. The summed E-state index contributed by atoms with van der Waals surface area (Å²) in [6.45, 7) is 3.10. The highest BCUT2D eigenvalue weighted by molar-refractivity contribution is 7.20. The maximum atomic E-state index is 13.5. The Labute approximate surface area is 203 Å². The van der Waals surface area contributed by atoms with Crippen LogP contribution in [0.4, 0.5) is 15.3 Å². The topological polar surface area (TPSA) is 65.8 Å². The summed E-state index contributed by atoms with van der Waals surface area (Å²) in [7, 11) is 0. The normalized spacial score (nSPS) is 20.0. The zero-order valence-corrected chi connectivity index (χ0v) is 20.2. The molecule has 1 amide bonds. The van der Waals surface area contributed by atoms with Crippen LogP contribution in [0, 0.1) is 11.7 Å². The molecule has 3 aromatic rings. The number of aromatic nitrogens is 3. The summed E-state index contributed by atoms with van der Waals surface area (Å²) in [5.41, 5.74) is 1.71. The van der Waals surface area contributed by atoms with Crippen molar-refractivity contribution in [3.05, 3.63) is 30.1 Å². The summed E-state index contributed by atoms with van der Waals surface area (Å²) < 4.78 is 15.4. The number of anilines is 2. The minimum Gasteiger partial charge on any atom is -0.365 e. The number of piperazine rings is 1. The number of amides is 1. The van der Waals surface area contributed by atoms with E-state index in [1.165, 1.54) is 37.8 Å². The lowest BCUT2D eigenvalue weighted by Crippen LogP contribution is -2.50. The third-order valence-electron chi connectivity index (χ3n) is 7.57. The zero-order valence-electron chi connectivity index (χ0n) is 19.4. The highest BCUT2D eigenvalue weighted by atomic mass is 32.1. The van der Waals surface area contributed by atoms with Gasteiger partial charge in [-0.1, -0.05) is 37.0 Å². The minimum absolute atomic E-state index is 0.240. The summed E-state index contributed by atoms with van der Waals surface area (Å²) in [5.74, 6) is 1.23. The average molecular weight is 483 g/mol. The molecule has 2 aliphatic carbocycles. The summed E-state index contributed by atoms with van der Waals surface area (Å²) in [5, 5.41) is 9.58. The van der Waals surface area contributed by atoms with E-state index < -0.39 is 0 Å². The maximum absolute atomic E-state index is 13.5. The highest BCUT2D eigenvalue weighted by Crippen LogP contribution is 2.36. The van der Waals surface area contributed by atoms with Gasteiger partial charge in [0.05, 0.1) is 0 Å². The second-order valence-electron chi connectivity index (χ2n) is 9.81. The Morgan fingerprint density at radius 2 is 1.65 bits per heavy atom. The van der Waals surface area contributed by atoms with Crippen LogP contribution < -0.4 is 10.2 Å². The number of hydrogen-bond acceptors (Lipinski definition) is 6. The third kappa shape index (κ3) is 4.15. The molecule has 2 saturated carbocycles. The molecule has 1 aromatic carbocycles. The number of imidazole rings is 1. The van der Waals surface area contributed by atoms with E-state index in [9.17, 15) is 9.18 Å². The summed E-state index contributed by atoms with van der Waals surface area (Å²) >= 11 is 1.58. The molecule has 34 heavy (non-hydrogen) atoms. The Morgan fingerprint density at radius 3 is 2.35 bits per heavy atom. The van der Waals surface area contributed by atoms with E-state index in [0.29, 0.717) is 11.9 Å². The Bertz CT molecular complexity index is 1150. The van der Waals surface area contributed by atoms with Crippen molar-refractivity contribution in [1.82, 2.24) is 19.5 Å². The van der Waals surface area contributed by atoms with Gasteiger partial charge in [-0.2, -0.15) is 4.52 Å². The first kappa shape index (κ1) is 21.8. The van der Waals surface area contributed by atoms with Crippen LogP contribution in [0.25, 0.3) is 16.2 Å². The lowest BCUT2D eigenvalue weighted by atomic mass is 10.1. The van der Waals surface area contributed by atoms with E-state index in [-0.39, 0.29) is 11.7 Å². The van der Waals surface area contributed by atoms with Crippen LogP contribution in [-0.2, 0) is 4.79 Å². The Hall–Kier alpha value is -2.68. The fraction of sp³-hybridized carbons (Fsp3) is 0.560. The fourth-order valence-corrected chi connectivity index (χ4v) is 6.57. The standard InChI is InChI=1S/C25H31FN6OS/c26-19-11-9-17(10-12-19)21-22(27-20-7-3-4-8-20)32-24(28-21)34-25(29-32)31-15-13-30(14-16-31)23(33)18-5-1-2-6-18/h9-12,18,20,27H,1-8,13-16H2. The number of nitrogens with one attached hydrogen (secondary N) is 1. The van der Waals surface area contributed by atoms with E-state index in [1.54, 1.807) is 23.5 Å². The predicted molar refractivity (Wildman–Crippen MR) is 133 cm³/mol. The van der Waals surface area contributed by atoms with Crippen molar-refractivity contribution in [3.8, 4) is 11.3 Å². The van der Waals surface area contributed by atoms with Gasteiger partial charge in [0.15, 0.2) is 5.82 Å². The molecular weight excluding hydrogens is 451 g/mol. The number of hydrogen-bond donors (Lipinski definition) is 1. The number of fused-ring (bicyclic) bond motifs is 1. The van der Waals surface area contributed by atoms with Crippen LogP contribution in [0.3, 0.4) is 0 Å². The number of carbonyl (C=O) groups is 1. The van der Waals surface area contributed by atoms with Crippen LogP contribution in [0.15, 0.2) is 24.3 Å². The lowest BCUT2D eigenvalue weighted by molar-refractivity contribution is -0.135. The molecule has 3 aliphatic rings. The molecule has 7 nitrogen and oxygen atoms in total. The molecule has 3 heterocycles. The molecule has 0 bridgehead atoms. The monoisotopic (exact) mass is 482 g/mol. The SMILES string of the molecule is O=C(C1CCCC1)N1CCN(c2nn3c(NC4CCCC4)c(-c4ccc(F)cc4)nc3s2)CC1. The second kappa shape index (κ2) is 9.17. The van der Waals surface area contributed by atoms with E-state index >= 15 is 0 Å². The van der Waals surface area contributed by atoms with Crippen molar-refractivity contribution in [2.75, 3.05) is 36.4 Å². The zero-order chi connectivity index (χ0) is 23.1. The Morgan fingerprint density at radius 1 is 0.971 bits per heavy atom. The van der Waals surface area contributed by atoms with Crippen LogP contribution >= 0.6 is 11.3 Å². The van der Waals surface area contributed by atoms with Crippen molar-refractivity contribution in [3.63, 3.8) is 0 Å². The van der Waals surface area contributed by atoms with Gasteiger partial charge < -0.3 is 15.1 Å². The molecule has 1 saturated heterocycles. The molecule has 2 aromatic heterocycles. The van der Waals surface area contributed by atoms with Gasteiger partial charge >= 0.3 is 0 Å². The first-order valence-corrected chi connectivity index (χ1v) is 13.4. The number of nitrogens with zero attached hydrogens (tertiary/aromatic N) is 5. The molecule has 1 aliphatic heterocycles. The largest absolute Gasteiger partial charge is 0.365 e. The summed E-state index contributed by atoms with van der Waals surface area (Å²) in [6, 6.07) is 6.93. The molecule has 1 N–H and O–H groups in total. The van der Waals surface area contributed by atoms with E-state index in [1.807, 2.05) is 9.42 Å². The molecule has 9 heteroatoms. The van der Waals surface area contributed by atoms with Crippen molar-refractivity contribution in [1.29, 1.82) is 0 Å². The number of rotatable bonds is 5. The highest BCUT2D eigenvalue weighted by Gasteiger charge is 2.31. The summed E-state index contributed by atoms with van der Waals surface area (Å²) in [4.78, 5) is 22.9. The quantitative estimate of drug-likeness (QED) is 0.566. The molecule has 0 spiro atoms. The maximum Gasteiger partial charge on any atom is 0.225 e. The van der Waals surface area contributed by atoms with Gasteiger partial charge in [0.1, 0.15) is 11.5 Å². The number of halogens is 1. The predicted octanol–water partition coefficient (Wildman–Crippen LogP) is 4.79. The van der Waals surface area contributed by atoms with Crippen molar-refractivity contribution < 1.29 is 9.18 Å². The van der Waals surface area contributed by atoms with Crippen LogP contribution in [0.1, 0.15) is 51.4 Å². The van der Waals surface area contributed by atoms with Crippen LogP contribution in [0.2, 0.25) is 0 Å². The van der Waals surface area contributed by atoms with Gasteiger partial charge in [0, 0.05) is 43.7 Å². The summed E-state index contributed by atoms with van der Waals surface area (Å²) in [6.07, 6.45) is 9.23. The van der Waals surface area contributed by atoms with Gasteiger partial charge in [-0.15, -0.1) is 5.10 Å². The van der Waals surface area contributed by atoms with E-state index in [0.717, 1.165) is 79.0 Å². The Kier molecular flexibility index (Phi) is 5.89. The molecule has 180 valence electrons. The number of carbonyl (C=O) groups excluding carboxylic acids is 1. The fourth-order valence-electron chi connectivity index (χ4n) is 5.62. The van der Waals surface area contributed by atoms with E-state index in [2.05, 4.69) is 10.2 Å². The second-order valence-corrected chi connectivity index (χ2v) is 10.7. The van der Waals surface area contributed by atoms with E-state index in [4.69, 9.17) is 10.1 Å². The minimum atomic E-state index is -0.249. The number of benzene rings is 1. The van der Waals surface area contributed by atoms with Gasteiger partial charge in [-0.05, 0) is 49.9 Å². The molecule has 0 radical (unpaired) electrons. The Balaban J connectivity index is 1.24. The average Bonchev–Trinajstić information content (AvgIpc) is 3.66. The molecule has 3 fully saturated rings. The third-order valence-corrected chi connectivity index (χ3v) is 8.54. The van der Waals surface area contributed by atoms with Crippen molar-refractivity contribution in [2.45, 2.75) is 57.4 Å². The van der Waals surface area contributed by atoms with Crippen LogP contribution in [0.5, 0.6) is 0 Å². The first-order chi connectivity index (χ1) is 16.7. The van der Waals surface area contributed by atoms with Crippen LogP contribution in [-0.4, -0.2) is 57.6 Å².